The number of fused-ring (bicyclic) bond motifs is 1. The molecular weight excluding hydrogens is 290 g/mol. The first-order valence-electron chi connectivity index (χ1n) is 7.64. The summed E-state index contributed by atoms with van der Waals surface area (Å²) in [5, 5.41) is 11.0. The second-order valence-corrected chi connectivity index (χ2v) is 6.17. The van der Waals surface area contributed by atoms with E-state index in [0.717, 1.165) is 43.1 Å². The van der Waals surface area contributed by atoms with Crippen molar-refractivity contribution in [3.05, 3.63) is 28.8 Å². The zero-order valence-electron chi connectivity index (χ0n) is 12.1. The van der Waals surface area contributed by atoms with Crippen molar-refractivity contribution in [3.63, 3.8) is 0 Å². The van der Waals surface area contributed by atoms with E-state index in [4.69, 9.17) is 21.1 Å². The van der Waals surface area contributed by atoms with Crippen LogP contribution in [0, 0.1) is 0 Å². The maximum absolute atomic E-state index is 10.1. The second-order valence-electron chi connectivity index (χ2n) is 5.76. The number of hydrogen-bond donors (Lipinski definition) is 1. The monoisotopic (exact) mass is 311 g/mol. The summed E-state index contributed by atoms with van der Waals surface area (Å²) in [6.07, 6.45) is 2.84. The second kappa shape index (κ2) is 6.97. The molecule has 0 bridgehead atoms. The molecule has 1 aromatic carbocycles. The van der Waals surface area contributed by atoms with Crippen LogP contribution in [0.2, 0.25) is 5.02 Å². The van der Waals surface area contributed by atoms with Crippen molar-refractivity contribution < 1.29 is 14.6 Å². The normalized spacial score (nSPS) is 22.6. The Balaban J connectivity index is 1.45. The first-order valence-corrected chi connectivity index (χ1v) is 8.01. The third-order valence-electron chi connectivity index (χ3n) is 4.14. The van der Waals surface area contributed by atoms with E-state index < -0.39 is 6.10 Å². The average Bonchev–Trinajstić information content (AvgIpc) is 3.10. The summed E-state index contributed by atoms with van der Waals surface area (Å²) in [6.45, 7) is 3.26. The fraction of sp³-hybridized carbons (Fsp3) is 0.625. The Morgan fingerprint density at radius 1 is 1.48 bits per heavy atom. The summed E-state index contributed by atoms with van der Waals surface area (Å²) in [5.41, 5.74) is 2.33. The Labute approximate surface area is 130 Å². The predicted octanol–water partition coefficient (Wildman–Crippen LogP) is 2.26. The highest BCUT2D eigenvalue weighted by Crippen LogP contribution is 2.33. The highest BCUT2D eigenvalue weighted by atomic mass is 35.5. The van der Waals surface area contributed by atoms with Gasteiger partial charge in [0, 0.05) is 30.4 Å². The number of benzene rings is 1. The number of anilines is 1. The molecule has 0 aliphatic carbocycles. The molecule has 2 heterocycles. The Morgan fingerprint density at radius 2 is 2.38 bits per heavy atom. The Hall–Kier alpha value is -0.810. The van der Waals surface area contributed by atoms with E-state index in [1.807, 2.05) is 12.1 Å². The molecule has 1 aromatic rings. The van der Waals surface area contributed by atoms with Crippen LogP contribution in [-0.2, 0) is 15.9 Å². The van der Waals surface area contributed by atoms with Crippen LogP contribution in [0.1, 0.15) is 18.4 Å². The minimum Gasteiger partial charge on any atom is -0.389 e. The van der Waals surface area contributed by atoms with Crippen LogP contribution < -0.4 is 4.90 Å². The van der Waals surface area contributed by atoms with E-state index in [1.54, 1.807) is 0 Å². The van der Waals surface area contributed by atoms with Crippen molar-refractivity contribution in [1.82, 2.24) is 0 Å². The summed E-state index contributed by atoms with van der Waals surface area (Å²) in [6, 6.07) is 5.94. The number of nitrogens with zero attached hydrogens (tertiary/aromatic N) is 1. The summed E-state index contributed by atoms with van der Waals surface area (Å²) in [4.78, 5) is 2.18. The predicted molar refractivity (Wildman–Crippen MR) is 83.2 cm³/mol. The van der Waals surface area contributed by atoms with E-state index >= 15 is 0 Å². The molecule has 2 aliphatic heterocycles. The molecule has 0 aromatic heterocycles. The molecule has 5 heteroatoms. The molecule has 0 amide bonds. The first kappa shape index (κ1) is 15.1. The molecule has 2 atom stereocenters. The van der Waals surface area contributed by atoms with Crippen LogP contribution >= 0.6 is 11.6 Å². The molecule has 2 unspecified atom stereocenters. The smallest absolute Gasteiger partial charge is 0.0948 e. The average molecular weight is 312 g/mol. The van der Waals surface area contributed by atoms with Crippen LogP contribution in [0.25, 0.3) is 0 Å². The first-order chi connectivity index (χ1) is 10.2. The fourth-order valence-electron chi connectivity index (χ4n) is 3.07. The van der Waals surface area contributed by atoms with Crippen LogP contribution in [0.5, 0.6) is 0 Å². The maximum Gasteiger partial charge on any atom is 0.0948 e. The molecule has 3 rings (SSSR count). The highest BCUT2D eigenvalue weighted by molar-refractivity contribution is 6.31. The molecule has 0 radical (unpaired) electrons. The van der Waals surface area contributed by atoms with Crippen molar-refractivity contribution in [2.75, 3.05) is 37.8 Å². The Bertz CT molecular complexity index is 477. The van der Waals surface area contributed by atoms with Gasteiger partial charge < -0.3 is 19.5 Å². The minimum atomic E-state index is -0.490. The number of hydrogen-bond acceptors (Lipinski definition) is 4. The lowest BCUT2D eigenvalue weighted by Gasteiger charge is -2.23. The van der Waals surface area contributed by atoms with E-state index in [1.165, 1.54) is 5.56 Å². The standard InChI is InChI=1S/C16H22ClNO3/c17-15-4-1-5-16-14(15)6-7-18(16)9-12(19)10-20-11-13-3-2-8-21-13/h1,4-5,12-13,19H,2-3,6-11H2. The molecule has 1 saturated heterocycles. The van der Waals surface area contributed by atoms with Gasteiger partial charge in [-0.1, -0.05) is 17.7 Å². The minimum absolute atomic E-state index is 0.212. The third kappa shape index (κ3) is 3.69. The van der Waals surface area contributed by atoms with Crippen molar-refractivity contribution >= 4 is 17.3 Å². The van der Waals surface area contributed by atoms with E-state index in [9.17, 15) is 5.11 Å². The number of aliphatic hydroxyl groups excluding tert-OH is 1. The maximum atomic E-state index is 10.1. The van der Waals surface area contributed by atoms with Gasteiger partial charge >= 0.3 is 0 Å². The van der Waals surface area contributed by atoms with Gasteiger partial charge in [0.25, 0.3) is 0 Å². The Morgan fingerprint density at radius 3 is 3.19 bits per heavy atom. The molecule has 1 fully saturated rings. The van der Waals surface area contributed by atoms with E-state index in [-0.39, 0.29) is 6.10 Å². The lowest BCUT2D eigenvalue weighted by atomic mass is 10.2. The van der Waals surface area contributed by atoms with Crippen LogP contribution in [0.15, 0.2) is 18.2 Å². The van der Waals surface area contributed by atoms with Crippen molar-refractivity contribution in [2.45, 2.75) is 31.5 Å². The number of aliphatic hydroxyl groups is 1. The van der Waals surface area contributed by atoms with Crippen LogP contribution in [0.4, 0.5) is 5.69 Å². The number of rotatable bonds is 6. The number of ether oxygens (including phenoxy) is 2. The van der Waals surface area contributed by atoms with Crippen LogP contribution in [0.3, 0.4) is 0 Å². The van der Waals surface area contributed by atoms with Crippen molar-refractivity contribution in [1.29, 1.82) is 0 Å². The zero-order chi connectivity index (χ0) is 14.7. The molecule has 2 aliphatic rings. The lowest BCUT2D eigenvalue weighted by molar-refractivity contribution is -0.0149. The summed E-state index contributed by atoms with van der Waals surface area (Å²) < 4.78 is 11.1. The van der Waals surface area contributed by atoms with Gasteiger partial charge in [-0.3, -0.25) is 0 Å². The van der Waals surface area contributed by atoms with Gasteiger partial charge in [0.15, 0.2) is 0 Å². The SMILES string of the molecule is OC(COCC1CCCO1)CN1CCc2c(Cl)cccc21. The van der Waals surface area contributed by atoms with E-state index in [0.29, 0.717) is 19.8 Å². The highest BCUT2D eigenvalue weighted by Gasteiger charge is 2.23. The molecule has 0 spiro atoms. The zero-order valence-corrected chi connectivity index (χ0v) is 12.9. The van der Waals surface area contributed by atoms with Crippen LogP contribution in [-0.4, -0.2) is 50.2 Å². The van der Waals surface area contributed by atoms with E-state index in [2.05, 4.69) is 11.0 Å². The summed E-state index contributed by atoms with van der Waals surface area (Å²) in [5.74, 6) is 0. The lowest BCUT2D eigenvalue weighted by Crippen LogP contribution is -2.34. The number of halogens is 1. The Kier molecular flexibility index (Phi) is 5.01. The topological polar surface area (TPSA) is 41.9 Å². The number of β-amino-alcohol motifs (C(OH)–C–C–N with tert-alkyl or cyclic N) is 1. The molecular formula is C16H22ClNO3. The summed E-state index contributed by atoms with van der Waals surface area (Å²) in [7, 11) is 0. The van der Waals surface area contributed by atoms with Gasteiger partial charge in [0.2, 0.25) is 0 Å². The van der Waals surface area contributed by atoms with Gasteiger partial charge in [0.1, 0.15) is 0 Å². The molecule has 0 saturated carbocycles. The quantitative estimate of drug-likeness (QED) is 0.875. The fourth-order valence-corrected chi connectivity index (χ4v) is 3.33. The van der Waals surface area contributed by atoms with Gasteiger partial charge in [-0.05, 0) is 37.0 Å². The van der Waals surface area contributed by atoms with Gasteiger partial charge in [-0.25, -0.2) is 0 Å². The summed E-state index contributed by atoms with van der Waals surface area (Å²) >= 11 is 6.20. The van der Waals surface area contributed by atoms with Crippen molar-refractivity contribution in [3.8, 4) is 0 Å². The van der Waals surface area contributed by atoms with Gasteiger partial charge in [0.05, 0.1) is 25.4 Å². The largest absolute Gasteiger partial charge is 0.389 e. The van der Waals surface area contributed by atoms with Gasteiger partial charge in [-0.2, -0.15) is 0 Å². The molecule has 4 nitrogen and oxygen atoms in total. The van der Waals surface area contributed by atoms with Gasteiger partial charge in [-0.15, -0.1) is 0 Å². The van der Waals surface area contributed by atoms with Crippen molar-refractivity contribution in [2.24, 2.45) is 0 Å². The molecule has 116 valence electrons. The third-order valence-corrected chi connectivity index (χ3v) is 4.49. The molecule has 21 heavy (non-hydrogen) atoms. The molecule has 1 N–H and O–H groups in total.